The zero-order valence-corrected chi connectivity index (χ0v) is 9.55. The Bertz CT molecular complexity index is 411. The monoisotopic (exact) mass is 247 g/mol. The molecule has 0 radical (unpaired) electrons. The Morgan fingerprint density at radius 1 is 1.56 bits per heavy atom. The lowest BCUT2D eigenvalue weighted by molar-refractivity contribution is -0.147. The van der Waals surface area contributed by atoms with Gasteiger partial charge in [-0.15, -0.1) is 0 Å². The summed E-state index contributed by atoms with van der Waals surface area (Å²) in [6, 6.07) is 2.24. The van der Waals surface area contributed by atoms with Gasteiger partial charge in [0, 0.05) is 6.07 Å². The van der Waals surface area contributed by atoms with Crippen molar-refractivity contribution in [2.75, 3.05) is 12.8 Å². The molecule has 0 saturated heterocycles. The average Bonchev–Trinajstić information content (AvgIpc) is 2.24. The lowest BCUT2D eigenvalue weighted by Gasteiger charge is -2.14. The number of hydrogen-bond acceptors (Lipinski definition) is 4. The first-order valence-electron chi connectivity index (χ1n) is 4.44. The number of nitrogens with two attached hydrogens (primary N) is 1. The summed E-state index contributed by atoms with van der Waals surface area (Å²) in [6.07, 6.45) is -0.840. The fourth-order valence-corrected chi connectivity index (χ4v) is 1.23. The van der Waals surface area contributed by atoms with Crippen LogP contribution < -0.4 is 10.5 Å². The molecule has 0 aromatic heterocycles. The maximum Gasteiger partial charge on any atom is 0.346 e. The molecule has 0 saturated carbocycles. The zero-order chi connectivity index (χ0) is 12.3. The third-order valence-corrected chi connectivity index (χ3v) is 2.18. The number of esters is 1. The standard InChI is InChI=1S/C10H11ClFNO3/c1-5(10(14)15-2)16-9-4-8(13)7(12)3-6(9)11/h3-5H,13H2,1-2H3. The lowest BCUT2D eigenvalue weighted by Crippen LogP contribution is -2.25. The predicted molar refractivity (Wildman–Crippen MR) is 57.9 cm³/mol. The van der Waals surface area contributed by atoms with Crippen LogP contribution in [0.1, 0.15) is 6.92 Å². The van der Waals surface area contributed by atoms with E-state index in [0.717, 1.165) is 6.07 Å². The van der Waals surface area contributed by atoms with Crippen LogP contribution in [0.4, 0.5) is 10.1 Å². The fourth-order valence-electron chi connectivity index (χ4n) is 1.04. The molecule has 1 aromatic rings. The third kappa shape index (κ3) is 2.76. The minimum atomic E-state index is -0.840. The van der Waals surface area contributed by atoms with Crippen molar-refractivity contribution in [3.05, 3.63) is 23.0 Å². The first kappa shape index (κ1) is 12.6. The van der Waals surface area contributed by atoms with Crippen molar-refractivity contribution in [2.24, 2.45) is 0 Å². The molecule has 88 valence electrons. The molecule has 0 aliphatic carbocycles. The summed E-state index contributed by atoms with van der Waals surface area (Å²) in [7, 11) is 1.24. The summed E-state index contributed by atoms with van der Waals surface area (Å²) >= 11 is 5.72. The third-order valence-electron chi connectivity index (χ3n) is 1.89. The van der Waals surface area contributed by atoms with E-state index in [9.17, 15) is 9.18 Å². The van der Waals surface area contributed by atoms with E-state index in [1.54, 1.807) is 0 Å². The lowest BCUT2D eigenvalue weighted by atomic mass is 10.3. The van der Waals surface area contributed by atoms with Crippen molar-refractivity contribution in [3.63, 3.8) is 0 Å². The first-order valence-corrected chi connectivity index (χ1v) is 4.82. The smallest absolute Gasteiger partial charge is 0.346 e. The van der Waals surface area contributed by atoms with E-state index in [-0.39, 0.29) is 16.5 Å². The molecule has 0 aliphatic heterocycles. The largest absolute Gasteiger partial charge is 0.477 e. The molecule has 1 rings (SSSR count). The summed E-state index contributed by atoms with van der Waals surface area (Å²) in [5, 5.41) is 0.0439. The van der Waals surface area contributed by atoms with Crippen LogP contribution in [0.3, 0.4) is 0 Å². The van der Waals surface area contributed by atoms with E-state index >= 15 is 0 Å². The van der Waals surface area contributed by atoms with E-state index in [1.807, 2.05) is 0 Å². The van der Waals surface area contributed by atoms with Crippen molar-refractivity contribution in [1.82, 2.24) is 0 Å². The van der Waals surface area contributed by atoms with Gasteiger partial charge < -0.3 is 15.2 Å². The number of anilines is 1. The van der Waals surface area contributed by atoms with Crippen LogP contribution >= 0.6 is 11.6 Å². The van der Waals surface area contributed by atoms with E-state index in [4.69, 9.17) is 22.1 Å². The van der Waals surface area contributed by atoms with Gasteiger partial charge in [-0.05, 0) is 13.0 Å². The molecule has 16 heavy (non-hydrogen) atoms. The Labute approximate surface area is 97.1 Å². The van der Waals surface area contributed by atoms with Crippen molar-refractivity contribution < 1.29 is 18.7 Å². The molecule has 2 N–H and O–H groups in total. The molecule has 0 spiro atoms. The maximum atomic E-state index is 13.0. The Balaban J connectivity index is 2.89. The van der Waals surface area contributed by atoms with Gasteiger partial charge >= 0.3 is 5.97 Å². The van der Waals surface area contributed by atoms with E-state index in [2.05, 4.69) is 4.74 Å². The molecule has 0 fully saturated rings. The van der Waals surface area contributed by atoms with Crippen molar-refractivity contribution >= 4 is 23.3 Å². The molecule has 0 amide bonds. The van der Waals surface area contributed by atoms with Gasteiger partial charge in [0.25, 0.3) is 0 Å². The summed E-state index contributed by atoms with van der Waals surface area (Å²) in [4.78, 5) is 11.1. The predicted octanol–water partition coefficient (Wildman–Crippen LogP) is 2.00. The molecular formula is C10H11ClFNO3. The number of methoxy groups -OCH3 is 1. The number of carbonyl (C=O) groups excluding carboxylic acids is 1. The molecule has 0 bridgehead atoms. The zero-order valence-electron chi connectivity index (χ0n) is 8.79. The van der Waals surface area contributed by atoms with Gasteiger partial charge in [0.2, 0.25) is 0 Å². The molecule has 6 heteroatoms. The van der Waals surface area contributed by atoms with Crippen LogP contribution in [-0.4, -0.2) is 19.2 Å². The highest BCUT2D eigenvalue weighted by Gasteiger charge is 2.17. The van der Waals surface area contributed by atoms with Gasteiger partial charge in [0.05, 0.1) is 17.8 Å². The molecule has 0 aliphatic rings. The first-order chi connectivity index (χ1) is 7.45. The number of halogens is 2. The SMILES string of the molecule is COC(=O)C(C)Oc1cc(N)c(F)cc1Cl. The minimum Gasteiger partial charge on any atom is -0.477 e. The second-order valence-corrected chi connectivity index (χ2v) is 3.49. The van der Waals surface area contributed by atoms with E-state index in [1.165, 1.54) is 20.1 Å². The van der Waals surface area contributed by atoms with E-state index < -0.39 is 17.9 Å². The van der Waals surface area contributed by atoms with Gasteiger partial charge in [-0.25, -0.2) is 9.18 Å². The van der Waals surface area contributed by atoms with Gasteiger partial charge in [0.15, 0.2) is 6.10 Å². The van der Waals surface area contributed by atoms with Crippen molar-refractivity contribution in [2.45, 2.75) is 13.0 Å². The van der Waals surface area contributed by atoms with Gasteiger partial charge in [0.1, 0.15) is 11.6 Å². The topological polar surface area (TPSA) is 61.5 Å². The Hall–Kier alpha value is -1.49. The van der Waals surface area contributed by atoms with Gasteiger partial charge in [-0.3, -0.25) is 0 Å². The molecule has 0 heterocycles. The van der Waals surface area contributed by atoms with Gasteiger partial charge in [-0.2, -0.15) is 0 Å². The fraction of sp³-hybridized carbons (Fsp3) is 0.300. The molecular weight excluding hydrogens is 237 g/mol. The molecule has 4 nitrogen and oxygen atoms in total. The number of benzene rings is 1. The highest BCUT2D eigenvalue weighted by atomic mass is 35.5. The normalized spacial score (nSPS) is 12.0. The quantitative estimate of drug-likeness (QED) is 0.656. The second kappa shape index (κ2) is 5.03. The number of carbonyl (C=O) groups is 1. The number of nitrogen functional groups attached to an aromatic ring is 1. The van der Waals surface area contributed by atoms with Crippen LogP contribution in [0.2, 0.25) is 5.02 Å². The molecule has 1 unspecified atom stereocenters. The van der Waals surface area contributed by atoms with Crippen LogP contribution in [0, 0.1) is 5.82 Å². The average molecular weight is 248 g/mol. The van der Waals surface area contributed by atoms with Crippen molar-refractivity contribution in [1.29, 1.82) is 0 Å². The summed E-state index contributed by atoms with van der Waals surface area (Å²) in [5.74, 6) is -1.06. The highest BCUT2D eigenvalue weighted by molar-refractivity contribution is 6.32. The van der Waals surface area contributed by atoms with Crippen LogP contribution in [0.15, 0.2) is 12.1 Å². The molecule has 1 atom stereocenters. The van der Waals surface area contributed by atoms with Gasteiger partial charge in [-0.1, -0.05) is 11.6 Å². The van der Waals surface area contributed by atoms with E-state index in [0.29, 0.717) is 0 Å². The Morgan fingerprint density at radius 3 is 2.75 bits per heavy atom. The van der Waals surface area contributed by atoms with Crippen LogP contribution in [-0.2, 0) is 9.53 Å². The summed E-state index contributed by atoms with van der Waals surface area (Å²) in [5.41, 5.74) is 5.24. The Morgan fingerprint density at radius 2 is 2.19 bits per heavy atom. The second-order valence-electron chi connectivity index (χ2n) is 3.09. The Kier molecular flexibility index (Phi) is 3.95. The maximum absolute atomic E-state index is 13.0. The number of hydrogen-bond donors (Lipinski definition) is 1. The van der Waals surface area contributed by atoms with Crippen LogP contribution in [0.25, 0.3) is 0 Å². The van der Waals surface area contributed by atoms with Crippen molar-refractivity contribution in [3.8, 4) is 5.75 Å². The number of ether oxygens (including phenoxy) is 2. The van der Waals surface area contributed by atoms with Crippen LogP contribution in [0.5, 0.6) is 5.75 Å². The summed E-state index contributed by atoms with van der Waals surface area (Å²) < 4.78 is 22.6. The summed E-state index contributed by atoms with van der Waals surface area (Å²) in [6.45, 7) is 1.49. The highest BCUT2D eigenvalue weighted by Crippen LogP contribution is 2.29. The number of rotatable bonds is 3. The molecule has 1 aromatic carbocycles. The minimum absolute atomic E-state index is 0.0439.